The molecule has 1 aromatic carbocycles. The van der Waals surface area contributed by atoms with E-state index in [1.807, 2.05) is 11.4 Å². The van der Waals surface area contributed by atoms with Gasteiger partial charge < -0.3 is 10.2 Å². The van der Waals surface area contributed by atoms with Gasteiger partial charge in [0.25, 0.3) is 0 Å². The smallest absolute Gasteiger partial charge is 0.175 e. The van der Waals surface area contributed by atoms with E-state index < -0.39 is 0 Å². The molecule has 0 unspecified atom stereocenters. The predicted molar refractivity (Wildman–Crippen MR) is 52.9 cm³/mol. The Hall–Kier alpha value is -0.740. The summed E-state index contributed by atoms with van der Waals surface area (Å²) >= 11 is 4.70. The van der Waals surface area contributed by atoms with Crippen LogP contribution in [0, 0.1) is 0 Å². The first-order valence-electron chi connectivity index (χ1n) is 3.28. The van der Waals surface area contributed by atoms with Crippen LogP contribution in [0.15, 0.2) is 22.0 Å². The highest BCUT2D eigenvalue weighted by molar-refractivity contribution is 9.10. The van der Waals surface area contributed by atoms with Gasteiger partial charge >= 0.3 is 0 Å². The lowest BCUT2D eigenvalue weighted by atomic mass is 10.2. The highest BCUT2D eigenvalue weighted by atomic mass is 79.9. The molecule has 4 heteroatoms. The fourth-order valence-electron chi connectivity index (χ4n) is 1.06. The van der Waals surface area contributed by atoms with Crippen molar-refractivity contribution in [2.45, 2.75) is 0 Å². The van der Waals surface area contributed by atoms with Crippen LogP contribution in [-0.2, 0) is 0 Å². The molecule has 2 N–H and O–H groups in total. The maximum Gasteiger partial charge on any atom is 0.175 e. The third-order valence-electron chi connectivity index (χ3n) is 1.64. The maximum absolute atomic E-state index is 9.41. The van der Waals surface area contributed by atoms with E-state index in [1.165, 1.54) is 17.4 Å². The van der Waals surface area contributed by atoms with Crippen molar-refractivity contribution in [3.05, 3.63) is 22.0 Å². The standard InChI is InChI=1S/C8H5BrO2S/c9-5-3-6(10)7(11)8-4(5)1-2-12-8/h1-3,10-11H. The fourth-order valence-corrected chi connectivity index (χ4v) is 2.60. The Morgan fingerprint density at radius 3 is 2.83 bits per heavy atom. The average Bonchev–Trinajstić information content (AvgIpc) is 2.48. The molecule has 0 atom stereocenters. The van der Waals surface area contributed by atoms with Crippen LogP contribution in [0.5, 0.6) is 11.5 Å². The van der Waals surface area contributed by atoms with Crippen molar-refractivity contribution in [3.63, 3.8) is 0 Å². The second-order valence-electron chi connectivity index (χ2n) is 2.39. The molecule has 0 saturated heterocycles. The number of halogens is 1. The van der Waals surface area contributed by atoms with Gasteiger partial charge in [-0.3, -0.25) is 0 Å². The van der Waals surface area contributed by atoms with E-state index in [4.69, 9.17) is 0 Å². The second kappa shape index (κ2) is 2.64. The Bertz CT molecular complexity index is 436. The normalized spacial score (nSPS) is 10.8. The van der Waals surface area contributed by atoms with Crippen molar-refractivity contribution >= 4 is 37.4 Å². The second-order valence-corrected chi connectivity index (χ2v) is 4.16. The van der Waals surface area contributed by atoms with Gasteiger partial charge in [-0.25, -0.2) is 0 Å². The predicted octanol–water partition coefficient (Wildman–Crippen LogP) is 3.08. The number of phenolic OH excluding ortho intramolecular Hbond substituents is 2. The van der Waals surface area contributed by atoms with Crippen LogP contribution in [0.25, 0.3) is 10.1 Å². The van der Waals surface area contributed by atoms with Crippen molar-refractivity contribution in [2.75, 3.05) is 0 Å². The zero-order valence-corrected chi connectivity index (χ0v) is 8.32. The summed E-state index contributed by atoms with van der Waals surface area (Å²) < 4.78 is 1.51. The van der Waals surface area contributed by atoms with Crippen LogP contribution in [0.1, 0.15) is 0 Å². The van der Waals surface area contributed by atoms with Crippen LogP contribution in [0.2, 0.25) is 0 Å². The summed E-state index contributed by atoms with van der Waals surface area (Å²) in [4.78, 5) is 0. The molecule has 1 heterocycles. The van der Waals surface area contributed by atoms with Crippen LogP contribution in [-0.4, -0.2) is 10.2 Å². The molecule has 1 aromatic heterocycles. The highest BCUT2D eigenvalue weighted by Crippen LogP contribution is 2.41. The zero-order chi connectivity index (χ0) is 8.72. The molecule has 0 amide bonds. The van der Waals surface area contributed by atoms with Crippen LogP contribution in [0.3, 0.4) is 0 Å². The minimum absolute atomic E-state index is 0.0387. The number of phenols is 2. The summed E-state index contributed by atoms with van der Waals surface area (Å²) in [6, 6.07) is 3.38. The van der Waals surface area contributed by atoms with E-state index in [1.54, 1.807) is 0 Å². The number of thiophene rings is 1. The van der Waals surface area contributed by atoms with Crippen molar-refractivity contribution < 1.29 is 10.2 Å². The molecule has 2 aromatic rings. The Labute approximate surface area is 81.2 Å². The van der Waals surface area contributed by atoms with Crippen LogP contribution >= 0.6 is 27.3 Å². The molecule has 0 aliphatic carbocycles. The first kappa shape index (κ1) is 7.89. The molecule has 0 aliphatic heterocycles. The van der Waals surface area contributed by atoms with Crippen molar-refractivity contribution in [3.8, 4) is 11.5 Å². The molecule has 2 nitrogen and oxygen atoms in total. The average molecular weight is 245 g/mol. The third-order valence-corrected chi connectivity index (χ3v) is 3.22. The van der Waals surface area contributed by atoms with Gasteiger partial charge in [-0.15, -0.1) is 11.3 Å². The number of aromatic hydroxyl groups is 2. The fraction of sp³-hybridized carbons (Fsp3) is 0. The molecule has 0 bridgehead atoms. The quantitative estimate of drug-likeness (QED) is 0.700. The molecule has 0 saturated carbocycles. The lowest BCUT2D eigenvalue weighted by Gasteiger charge is -2.00. The van der Waals surface area contributed by atoms with Gasteiger partial charge in [-0.2, -0.15) is 0 Å². The first-order chi connectivity index (χ1) is 5.70. The number of rotatable bonds is 0. The Morgan fingerprint density at radius 2 is 2.08 bits per heavy atom. The first-order valence-corrected chi connectivity index (χ1v) is 4.95. The van der Waals surface area contributed by atoms with Gasteiger partial charge in [-0.1, -0.05) is 0 Å². The lowest BCUT2D eigenvalue weighted by Crippen LogP contribution is -1.71. The van der Waals surface area contributed by atoms with Gasteiger partial charge in [0.2, 0.25) is 0 Å². The molecule has 0 fully saturated rings. The van der Waals surface area contributed by atoms with E-state index in [-0.39, 0.29) is 11.5 Å². The lowest BCUT2D eigenvalue weighted by molar-refractivity contribution is 0.408. The molecular weight excluding hydrogens is 240 g/mol. The van der Waals surface area contributed by atoms with Gasteiger partial charge in [0, 0.05) is 9.86 Å². The molecule has 0 spiro atoms. The summed E-state index contributed by atoms with van der Waals surface area (Å²) in [5.74, 6) is -0.125. The molecule has 2 rings (SSSR count). The van der Waals surface area contributed by atoms with E-state index in [2.05, 4.69) is 15.9 Å². The van der Waals surface area contributed by atoms with E-state index in [0.717, 1.165) is 9.86 Å². The van der Waals surface area contributed by atoms with Gasteiger partial charge in [0.05, 0.1) is 4.70 Å². The minimum atomic E-state index is -0.0863. The number of hydrogen-bond donors (Lipinski definition) is 2. The topological polar surface area (TPSA) is 40.5 Å². The monoisotopic (exact) mass is 244 g/mol. The van der Waals surface area contributed by atoms with E-state index in [0.29, 0.717) is 4.70 Å². The van der Waals surface area contributed by atoms with E-state index >= 15 is 0 Å². The minimum Gasteiger partial charge on any atom is -0.504 e. The van der Waals surface area contributed by atoms with Gasteiger partial charge in [-0.05, 0) is 33.4 Å². The molecular formula is C8H5BrO2S. The highest BCUT2D eigenvalue weighted by Gasteiger charge is 2.09. The third kappa shape index (κ3) is 0.990. The van der Waals surface area contributed by atoms with Crippen LogP contribution in [0.4, 0.5) is 0 Å². The van der Waals surface area contributed by atoms with Crippen molar-refractivity contribution in [2.24, 2.45) is 0 Å². The molecule has 0 aliphatic rings. The Balaban J connectivity index is 2.97. The van der Waals surface area contributed by atoms with E-state index in [9.17, 15) is 10.2 Å². The summed E-state index contributed by atoms with van der Waals surface area (Å²) in [5, 5.41) is 21.5. The SMILES string of the molecule is Oc1cc(Br)c2ccsc2c1O. The Morgan fingerprint density at radius 1 is 1.33 bits per heavy atom. The Kier molecular flexibility index (Phi) is 1.73. The zero-order valence-electron chi connectivity index (χ0n) is 5.91. The molecule has 12 heavy (non-hydrogen) atoms. The van der Waals surface area contributed by atoms with Gasteiger partial charge in [0.1, 0.15) is 0 Å². The summed E-state index contributed by atoms with van der Waals surface area (Å²) in [6.45, 7) is 0. The molecule has 62 valence electrons. The summed E-state index contributed by atoms with van der Waals surface area (Å²) in [5.41, 5.74) is 0. The summed E-state index contributed by atoms with van der Waals surface area (Å²) in [7, 11) is 0. The maximum atomic E-state index is 9.41. The van der Waals surface area contributed by atoms with Crippen molar-refractivity contribution in [1.29, 1.82) is 0 Å². The van der Waals surface area contributed by atoms with Gasteiger partial charge in [0.15, 0.2) is 11.5 Å². The molecule has 0 radical (unpaired) electrons. The van der Waals surface area contributed by atoms with Crippen LogP contribution < -0.4 is 0 Å². The number of hydrogen-bond acceptors (Lipinski definition) is 3. The number of benzene rings is 1. The van der Waals surface area contributed by atoms with Crippen molar-refractivity contribution in [1.82, 2.24) is 0 Å². The number of fused-ring (bicyclic) bond motifs is 1. The summed E-state index contributed by atoms with van der Waals surface area (Å²) in [6.07, 6.45) is 0. The largest absolute Gasteiger partial charge is 0.504 e.